The summed E-state index contributed by atoms with van der Waals surface area (Å²) in [5, 5.41) is 13.3. The highest BCUT2D eigenvalue weighted by atomic mass is 16.6. The third kappa shape index (κ3) is 2.58. The normalized spacial score (nSPS) is 28.5. The zero-order valence-electron chi connectivity index (χ0n) is 13.8. The van der Waals surface area contributed by atoms with Gasteiger partial charge in [0.25, 0.3) is 5.69 Å². The third-order valence-corrected chi connectivity index (χ3v) is 5.46. The Labute approximate surface area is 149 Å². The Morgan fingerprint density at radius 1 is 1.19 bits per heavy atom. The molecule has 2 bridgehead atoms. The molecule has 1 saturated heterocycles. The predicted octanol–water partition coefficient (Wildman–Crippen LogP) is 1.73. The van der Waals surface area contributed by atoms with Crippen molar-refractivity contribution >= 4 is 29.1 Å². The Morgan fingerprint density at radius 2 is 1.85 bits per heavy atom. The van der Waals surface area contributed by atoms with E-state index in [1.165, 1.54) is 23.1 Å². The van der Waals surface area contributed by atoms with Crippen LogP contribution in [0.3, 0.4) is 0 Å². The highest BCUT2D eigenvalue weighted by molar-refractivity contribution is 6.06. The summed E-state index contributed by atoms with van der Waals surface area (Å²) in [7, 11) is 0. The van der Waals surface area contributed by atoms with E-state index in [9.17, 15) is 24.5 Å². The monoisotopic (exact) mass is 355 g/mol. The lowest BCUT2D eigenvalue weighted by molar-refractivity contribution is -0.384. The van der Waals surface area contributed by atoms with Gasteiger partial charge in [-0.05, 0) is 24.3 Å². The van der Waals surface area contributed by atoms with Crippen LogP contribution in [0.15, 0.2) is 36.4 Å². The minimum Gasteiger partial charge on any atom is -0.326 e. The van der Waals surface area contributed by atoms with Crippen LogP contribution in [0.1, 0.15) is 12.8 Å². The van der Waals surface area contributed by atoms with Crippen molar-refractivity contribution in [1.82, 2.24) is 4.90 Å². The molecule has 2 fully saturated rings. The standard InChI is InChI=1S/C18H17N3O5/c22-14(19-12-2-1-3-13(9-12)21(25)26)6-7-20-17(23)15-10-4-5-11(8-10)16(15)18(20)24/h1-5,9-11,15-16H,6-8H2,(H,19,22)/t10-,11+,15-,16-/m1/s1. The van der Waals surface area contributed by atoms with Gasteiger partial charge in [-0.1, -0.05) is 18.2 Å². The number of carbonyl (C=O) groups excluding carboxylic acids is 3. The van der Waals surface area contributed by atoms with Crippen LogP contribution in [-0.4, -0.2) is 34.1 Å². The van der Waals surface area contributed by atoms with E-state index in [2.05, 4.69) is 5.32 Å². The molecule has 26 heavy (non-hydrogen) atoms. The van der Waals surface area contributed by atoms with Gasteiger partial charge < -0.3 is 5.32 Å². The number of non-ortho nitro benzene ring substituents is 1. The molecule has 134 valence electrons. The molecular formula is C18H17N3O5. The molecule has 3 amide bonds. The maximum atomic E-state index is 12.5. The smallest absolute Gasteiger partial charge is 0.271 e. The van der Waals surface area contributed by atoms with E-state index in [1.807, 2.05) is 12.2 Å². The molecule has 0 aromatic heterocycles. The van der Waals surface area contributed by atoms with Gasteiger partial charge in [-0.15, -0.1) is 0 Å². The van der Waals surface area contributed by atoms with Crippen LogP contribution in [0, 0.1) is 33.8 Å². The number of carbonyl (C=O) groups is 3. The van der Waals surface area contributed by atoms with Gasteiger partial charge in [0.1, 0.15) is 0 Å². The second-order valence-corrected chi connectivity index (χ2v) is 6.93. The van der Waals surface area contributed by atoms with Crippen molar-refractivity contribution < 1.29 is 19.3 Å². The summed E-state index contributed by atoms with van der Waals surface area (Å²) in [6.07, 6.45) is 4.88. The Kier molecular flexibility index (Phi) is 3.82. The molecular weight excluding hydrogens is 338 g/mol. The number of likely N-dealkylation sites (tertiary alicyclic amines) is 1. The molecule has 1 aliphatic heterocycles. The van der Waals surface area contributed by atoms with Gasteiger partial charge in [0, 0.05) is 30.8 Å². The van der Waals surface area contributed by atoms with Gasteiger partial charge in [-0.25, -0.2) is 0 Å². The summed E-state index contributed by atoms with van der Waals surface area (Å²) in [4.78, 5) is 48.6. The van der Waals surface area contributed by atoms with Gasteiger partial charge >= 0.3 is 0 Å². The Bertz CT molecular complexity index is 819. The number of nitro benzene ring substituents is 1. The Morgan fingerprint density at radius 3 is 2.46 bits per heavy atom. The molecule has 3 aliphatic rings. The SMILES string of the molecule is O=C(CCN1C(=O)[C@H]2[C@H](C1=O)[C@H]1C=C[C@@H]2C1)Nc1cccc([N+](=O)[O-])c1. The number of hydrogen-bond donors (Lipinski definition) is 1. The maximum absolute atomic E-state index is 12.5. The molecule has 1 saturated carbocycles. The minimum absolute atomic E-state index is 0.0326. The number of hydrogen-bond acceptors (Lipinski definition) is 5. The lowest BCUT2D eigenvalue weighted by atomic mass is 9.85. The molecule has 1 aromatic rings. The van der Waals surface area contributed by atoms with Gasteiger partial charge in [-0.2, -0.15) is 0 Å². The largest absolute Gasteiger partial charge is 0.326 e. The first-order valence-corrected chi connectivity index (χ1v) is 8.53. The zero-order chi connectivity index (χ0) is 18.4. The first kappa shape index (κ1) is 16.4. The highest BCUT2D eigenvalue weighted by Gasteiger charge is 2.58. The van der Waals surface area contributed by atoms with Crippen molar-refractivity contribution in [2.75, 3.05) is 11.9 Å². The summed E-state index contributed by atoms with van der Waals surface area (Å²) in [5.74, 6) is -1.01. The summed E-state index contributed by atoms with van der Waals surface area (Å²) in [6.45, 7) is 0.0326. The van der Waals surface area contributed by atoms with E-state index < -0.39 is 10.8 Å². The van der Waals surface area contributed by atoms with Crippen LogP contribution in [0.2, 0.25) is 0 Å². The van der Waals surface area contributed by atoms with Crippen LogP contribution < -0.4 is 5.32 Å². The maximum Gasteiger partial charge on any atom is 0.271 e. The van der Waals surface area contributed by atoms with Crippen LogP contribution >= 0.6 is 0 Å². The molecule has 2 aliphatic carbocycles. The number of fused-ring (bicyclic) bond motifs is 5. The lowest BCUT2D eigenvalue weighted by Crippen LogP contribution is -2.35. The lowest BCUT2D eigenvalue weighted by Gasteiger charge is -2.16. The fraction of sp³-hybridized carbons (Fsp3) is 0.389. The molecule has 8 nitrogen and oxygen atoms in total. The van der Waals surface area contributed by atoms with Crippen molar-refractivity contribution in [3.8, 4) is 0 Å². The number of imide groups is 1. The second-order valence-electron chi connectivity index (χ2n) is 6.93. The van der Waals surface area contributed by atoms with Crippen molar-refractivity contribution in [1.29, 1.82) is 0 Å². The zero-order valence-corrected chi connectivity index (χ0v) is 13.8. The fourth-order valence-electron chi connectivity index (χ4n) is 4.32. The molecule has 1 aromatic carbocycles. The third-order valence-electron chi connectivity index (χ3n) is 5.46. The van der Waals surface area contributed by atoms with E-state index in [1.54, 1.807) is 6.07 Å². The van der Waals surface area contributed by atoms with E-state index in [0.717, 1.165) is 6.42 Å². The average Bonchev–Trinajstić information content (AvgIpc) is 3.28. The number of anilines is 1. The number of allylic oxidation sites excluding steroid dienone is 2. The van der Waals surface area contributed by atoms with Gasteiger partial charge in [0.05, 0.1) is 16.8 Å². The Balaban J connectivity index is 1.37. The summed E-state index contributed by atoms with van der Waals surface area (Å²) in [6, 6.07) is 5.62. The average molecular weight is 355 g/mol. The van der Waals surface area contributed by atoms with Gasteiger partial charge in [0.15, 0.2) is 0 Å². The Hall–Kier alpha value is -3.03. The predicted molar refractivity (Wildman–Crippen MR) is 90.8 cm³/mol. The number of amides is 3. The van der Waals surface area contributed by atoms with E-state index in [4.69, 9.17) is 0 Å². The van der Waals surface area contributed by atoms with Crippen molar-refractivity contribution in [2.24, 2.45) is 23.7 Å². The molecule has 0 radical (unpaired) electrons. The number of benzene rings is 1. The molecule has 0 spiro atoms. The minimum atomic E-state index is -0.543. The molecule has 1 N–H and O–H groups in total. The molecule has 8 heteroatoms. The molecule has 1 heterocycles. The number of nitro groups is 1. The number of rotatable bonds is 5. The van der Waals surface area contributed by atoms with E-state index in [-0.39, 0.29) is 54.1 Å². The van der Waals surface area contributed by atoms with Crippen LogP contribution in [0.25, 0.3) is 0 Å². The van der Waals surface area contributed by atoms with Crippen molar-refractivity contribution in [3.63, 3.8) is 0 Å². The molecule has 4 atom stereocenters. The van der Waals surface area contributed by atoms with Gasteiger partial charge in [0.2, 0.25) is 17.7 Å². The van der Waals surface area contributed by atoms with E-state index in [0.29, 0.717) is 5.69 Å². The summed E-state index contributed by atoms with van der Waals surface area (Å²) in [5.41, 5.74) is 0.186. The fourth-order valence-corrected chi connectivity index (χ4v) is 4.32. The first-order chi connectivity index (χ1) is 12.5. The highest BCUT2D eigenvalue weighted by Crippen LogP contribution is 2.52. The molecule has 4 rings (SSSR count). The topological polar surface area (TPSA) is 110 Å². The van der Waals surface area contributed by atoms with Gasteiger partial charge in [-0.3, -0.25) is 29.4 Å². The number of nitrogens with one attached hydrogen (secondary N) is 1. The summed E-state index contributed by atoms with van der Waals surface area (Å²) < 4.78 is 0. The second kappa shape index (κ2) is 6.05. The quantitative estimate of drug-likeness (QED) is 0.374. The van der Waals surface area contributed by atoms with Crippen molar-refractivity contribution in [3.05, 3.63) is 46.5 Å². The van der Waals surface area contributed by atoms with Crippen LogP contribution in [-0.2, 0) is 14.4 Å². The number of nitrogens with zero attached hydrogens (tertiary/aromatic N) is 2. The molecule has 0 unspecified atom stereocenters. The van der Waals surface area contributed by atoms with Crippen molar-refractivity contribution in [2.45, 2.75) is 12.8 Å². The van der Waals surface area contributed by atoms with Crippen LogP contribution in [0.5, 0.6) is 0 Å². The van der Waals surface area contributed by atoms with Crippen LogP contribution in [0.4, 0.5) is 11.4 Å². The van der Waals surface area contributed by atoms with E-state index >= 15 is 0 Å². The first-order valence-electron chi connectivity index (χ1n) is 8.53. The summed E-state index contributed by atoms with van der Waals surface area (Å²) >= 11 is 0.